The van der Waals surface area contributed by atoms with Gasteiger partial charge in [-0.2, -0.15) is 0 Å². The fraction of sp³-hybridized carbons (Fsp3) is 0.158. The minimum absolute atomic E-state index is 0.0837. The van der Waals surface area contributed by atoms with Crippen LogP contribution in [-0.4, -0.2) is 11.6 Å². The fourth-order valence-electron chi connectivity index (χ4n) is 3.43. The standard InChI is InChI=1S/C19H15NO2/c1-19(20)15-8-6-13-12-5-3-2-4-11(12)10-16(21)18(13)14(15)7-9-17(19)22/h2-9H,10,20H2,1H3. The summed E-state index contributed by atoms with van der Waals surface area (Å²) in [5.74, 6) is -0.0519. The second-order valence-electron chi connectivity index (χ2n) is 6.11. The highest BCUT2D eigenvalue weighted by molar-refractivity contribution is 6.13. The van der Waals surface area contributed by atoms with Gasteiger partial charge in [0.2, 0.25) is 0 Å². The second kappa shape index (κ2) is 4.24. The Balaban J connectivity index is 2.06. The van der Waals surface area contributed by atoms with Crippen molar-refractivity contribution < 1.29 is 9.59 Å². The van der Waals surface area contributed by atoms with Gasteiger partial charge in [0, 0.05) is 12.0 Å². The van der Waals surface area contributed by atoms with E-state index in [1.54, 1.807) is 13.0 Å². The first-order chi connectivity index (χ1) is 10.5. The molecule has 22 heavy (non-hydrogen) atoms. The Morgan fingerprint density at radius 1 is 1.00 bits per heavy atom. The van der Waals surface area contributed by atoms with Crippen LogP contribution >= 0.6 is 0 Å². The topological polar surface area (TPSA) is 60.2 Å². The molecule has 108 valence electrons. The van der Waals surface area contributed by atoms with E-state index in [4.69, 9.17) is 5.73 Å². The van der Waals surface area contributed by atoms with Crippen molar-refractivity contribution in [2.24, 2.45) is 5.73 Å². The highest BCUT2D eigenvalue weighted by Gasteiger charge is 2.36. The van der Waals surface area contributed by atoms with Gasteiger partial charge < -0.3 is 5.73 Å². The number of Topliss-reactive ketones (excluding diaryl/α,β-unsaturated/α-hetero) is 1. The van der Waals surface area contributed by atoms with Crippen LogP contribution in [0.1, 0.15) is 34.0 Å². The Morgan fingerprint density at radius 2 is 1.77 bits per heavy atom. The lowest BCUT2D eigenvalue weighted by atomic mass is 9.74. The lowest BCUT2D eigenvalue weighted by molar-refractivity contribution is -0.119. The third-order valence-electron chi connectivity index (χ3n) is 4.66. The molecule has 2 N–H and O–H groups in total. The van der Waals surface area contributed by atoms with Gasteiger partial charge in [0.25, 0.3) is 0 Å². The molecule has 4 rings (SSSR count). The van der Waals surface area contributed by atoms with Gasteiger partial charge >= 0.3 is 0 Å². The van der Waals surface area contributed by atoms with E-state index in [1.165, 1.54) is 6.08 Å². The third kappa shape index (κ3) is 1.60. The van der Waals surface area contributed by atoms with Crippen molar-refractivity contribution in [3.8, 4) is 11.1 Å². The molecule has 0 fully saturated rings. The molecule has 0 saturated carbocycles. The first-order valence-electron chi connectivity index (χ1n) is 7.30. The van der Waals surface area contributed by atoms with Crippen LogP contribution < -0.4 is 5.73 Å². The number of rotatable bonds is 0. The van der Waals surface area contributed by atoms with Crippen LogP contribution in [0.25, 0.3) is 17.2 Å². The van der Waals surface area contributed by atoms with Crippen molar-refractivity contribution in [1.29, 1.82) is 0 Å². The molecule has 0 aliphatic heterocycles. The highest BCUT2D eigenvalue weighted by atomic mass is 16.1. The van der Waals surface area contributed by atoms with Gasteiger partial charge in [-0.25, -0.2) is 0 Å². The maximum Gasteiger partial charge on any atom is 0.179 e. The first kappa shape index (κ1) is 13.2. The summed E-state index contributed by atoms with van der Waals surface area (Å²) < 4.78 is 0. The van der Waals surface area contributed by atoms with Crippen molar-refractivity contribution in [3.05, 3.63) is 64.7 Å². The van der Waals surface area contributed by atoms with Gasteiger partial charge in [0.05, 0.1) is 0 Å². The van der Waals surface area contributed by atoms with Crippen molar-refractivity contribution in [1.82, 2.24) is 0 Å². The summed E-state index contributed by atoms with van der Waals surface area (Å²) in [6, 6.07) is 11.7. The predicted octanol–water partition coefficient (Wildman–Crippen LogP) is 2.86. The van der Waals surface area contributed by atoms with Gasteiger partial charge in [-0.05, 0) is 40.8 Å². The van der Waals surface area contributed by atoms with Crippen LogP contribution in [0.5, 0.6) is 0 Å². The van der Waals surface area contributed by atoms with E-state index in [2.05, 4.69) is 0 Å². The lowest BCUT2D eigenvalue weighted by Crippen LogP contribution is -2.43. The van der Waals surface area contributed by atoms with Crippen LogP contribution in [0, 0.1) is 0 Å². The van der Waals surface area contributed by atoms with E-state index in [1.807, 2.05) is 36.4 Å². The summed E-state index contributed by atoms with van der Waals surface area (Å²) in [5.41, 5.74) is 10.4. The Bertz CT molecular complexity index is 875. The van der Waals surface area contributed by atoms with Gasteiger partial charge in [-0.3, -0.25) is 9.59 Å². The average molecular weight is 289 g/mol. The summed E-state index contributed by atoms with van der Waals surface area (Å²) in [6.07, 6.45) is 3.61. The zero-order chi connectivity index (χ0) is 15.5. The molecule has 0 radical (unpaired) electrons. The molecular weight excluding hydrogens is 274 g/mol. The minimum atomic E-state index is -1.07. The summed E-state index contributed by atoms with van der Waals surface area (Å²) in [6.45, 7) is 1.70. The van der Waals surface area contributed by atoms with E-state index in [9.17, 15) is 9.59 Å². The Morgan fingerprint density at radius 3 is 2.59 bits per heavy atom. The molecular formula is C19H15NO2. The smallest absolute Gasteiger partial charge is 0.179 e. The number of carbonyl (C=O) groups excluding carboxylic acids is 2. The van der Waals surface area contributed by atoms with E-state index in [0.717, 1.165) is 27.8 Å². The first-order valence-corrected chi connectivity index (χ1v) is 7.30. The number of carbonyl (C=O) groups is 2. The normalized spacial score (nSPS) is 22.1. The van der Waals surface area contributed by atoms with Crippen LogP contribution in [0.4, 0.5) is 0 Å². The average Bonchev–Trinajstić information content (AvgIpc) is 2.50. The summed E-state index contributed by atoms with van der Waals surface area (Å²) in [5, 5.41) is 0. The molecule has 2 aromatic rings. The molecule has 0 amide bonds. The Kier molecular flexibility index (Phi) is 2.54. The van der Waals surface area contributed by atoms with E-state index >= 15 is 0 Å². The minimum Gasteiger partial charge on any atom is -0.315 e. The summed E-state index contributed by atoms with van der Waals surface area (Å²) in [7, 11) is 0. The molecule has 3 heteroatoms. The molecule has 2 aromatic carbocycles. The van der Waals surface area contributed by atoms with E-state index < -0.39 is 5.54 Å². The van der Waals surface area contributed by atoms with Gasteiger partial charge in [0.15, 0.2) is 11.6 Å². The number of hydrogen-bond acceptors (Lipinski definition) is 3. The molecule has 0 aromatic heterocycles. The van der Waals surface area contributed by atoms with Crippen LogP contribution in [-0.2, 0) is 16.8 Å². The molecule has 1 atom stereocenters. The Labute approximate surface area is 128 Å². The highest BCUT2D eigenvalue weighted by Crippen LogP contribution is 2.40. The summed E-state index contributed by atoms with van der Waals surface area (Å²) in [4.78, 5) is 24.7. The molecule has 0 saturated heterocycles. The quantitative estimate of drug-likeness (QED) is 0.811. The van der Waals surface area contributed by atoms with Gasteiger partial charge in [-0.15, -0.1) is 0 Å². The third-order valence-corrected chi connectivity index (χ3v) is 4.66. The molecule has 0 spiro atoms. The van der Waals surface area contributed by atoms with Crippen molar-refractivity contribution >= 4 is 17.6 Å². The maximum absolute atomic E-state index is 12.7. The molecule has 2 aliphatic rings. The molecule has 1 unspecified atom stereocenters. The van der Waals surface area contributed by atoms with Crippen molar-refractivity contribution in [2.75, 3.05) is 0 Å². The van der Waals surface area contributed by atoms with E-state index in [-0.39, 0.29) is 11.6 Å². The number of nitrogens with two attached hydrogens (primary N) is 1. The molecule has 0 heterocycles. The van der Waals surface area contributed by atoms with Crippen molar-refractivity contribution in [2.45, 2.75) is 18.9 Å². The fourth-order valence-corrected chi connectivity index (χ4v) is 3.43. The van der Waals surface area contributed by atoms with Crippen molar-refractivity contribution in [3.63, 3.8) is 0 Å². The van der Waals surface area contributed by atoms with Crippen LogP contribution in [0.15, 0.2) is 42.5 Å². The zero-order valence-electron chi connectivity index (χ0n) is 12.2. The molecule has 3 nitrogen and oxygen atoms in total. The number of hydrogen-bond donors (Lipinski definition) is 1. The van der Waals surface area contributed by atoms with Gasteiger partial charge in [-0.1, -0.05) is 42.5 Å². The summed E-state index contributed by atoms with van der Waals surface area (Å²) >= 11 is 0. The molecule has 2 aliphatic carbocycles. The SMILES string of the molecule is CC1(N)C(=O)C=Cc2c1ccc1c2C(=O)Cc2ccccc2-1. The lowest BCUT2D eigenvalue weighted by Gasteiger charge is -2.31. The van der Waals surface area contributed by atoms with Crippen LogP contribution in [0.3, 0.4) is 0 Å². The van der Waals surface area contributed by atoms with E-state index in [0.29, 0.717) is 12.0 Å². The zero-order valence-corrected chi connectivity index (χ0v) is 12.2. The number of ketones is 2. The largest absolute Gasteiger partial charge is 0.315 e. The monoisotopic (exact) mass is 289 g/mol. The number of benzene rings is 2. The second-order valence-corrected chi connectivity index (χ2v) is 6.11. The predicted molar refractivity (Wildman–Crippen MR) is 85.5 cm³/mol. The number of fused-ring (bicyclic) bond motifs is 5. The van der Waals surface area contributed by atoms with Crippen LogP contribution in [0.2, 0.25) is 0 Å². The Hall–Kier alpha value is -2.52. The maximum atomic E-state index is 12.7. The molecule has 0 bridgehead atoms. The van der Waals surface area contributed by atoms with Gasteiger partial charge in [0.1, 0.15) is 5.54 Å².